The van der Waals surface area contributed by atoms with E-state index in [0.29, 0.717) is 22.2 Å². The number of rotatable bonds is 35. The maximum atomic E-state index is 15.1. The Labute approximate surface area is 413 Å². The average molecular weight is 1030 g/mol. The molecule has 22 nitrogen and oxygen atoms in total. The van der Waals surface area contributed by atoms with Crippen molar-refractivity contribution in [1.29, 1.82) is 0 Å². The lowest BCUT2D eigenvalue weighted by atomic mass is 10.0. The van der Waals surface area contributed by atoms with E-state index >= 15 is 4.79 Å². The maximum Gasteiger partial charge on any atom is 0.345 e. The molecular formula is C48H68NO21S+. The lowest BCUT2D eigenvalue weighted by Gasteiger charge is -2.26. The third kappa shape index (κ3) is 18.1. The molecule has 0 saturated carbocycles. The highest BCUT2D eigenvalue weighted by Crippen LogP contribution is 2.34. The van der Waals surface area contributed by atoms with Gasteiger partial charge in [-0.25, -0.2) is 9.59 Å². The van der Waals surface area contributed by atoms with Crippen molar-refractivity contribution in [3.8, 4) is 17.2 Å². The van der Waals surface area contributed by atoms with Gasteiger partial charge >= 0.3 is 11.9 Å². The van der Waals surface area contributed by atoms with Crippen molar-refractivity contribution in [2.45, 2.75) is 64.2 Å². The number of carbonyl (C=O) groups excluding carboxylic acids is 1. The molecule has 3 aromatic carbocycles. The lowest BCUT2D eigenvalue weighted by molar-refractivity contribution is -0.645. The number of fused-ring (bicyclic) bond motifs is 2. The minimum absolute atomic E-state index is 0.000914. The topological polar surface area (TPSA) is 251 Å². The number of carbonyl (C=O) groups is 2. The number of aromatic carboxylic acids is 1. The number of hydrogen-bond donors (Lipinski definition) is 2. The van der Waals surface area contributed by atoms with E-state index in [9.17, 15) is 22.9 Å². The van der Waals surface area contributed by atoms with E-state index < -0.39 is 65.2 Å². The van der Waals surface area contributed by atoms with Gasteiger partial charge in [-0.3, -0.25) is 4.55 Å². The normalized spacial score (nSPS) is 13.8. The first kappa shape index (κ1) is 58.9. The fourth-order valence-electron chi connectivity index (χ4n) is 7.51. The minimum Gasteiger partial charge on any atom is -0.478 e. The number of ether oxygens (including phenoxy) is 15. The monoisotopic (exact) mass is 1030 g/mol. The smallest absolute Gasteiger partial charge is 0.345 e. The van der Waals surface area contributed by atoms with Crippen LogP contribution in [0.15, 0.2) is 48.5 Å². The first-order valence-electron chi connectivity index (χ1n) is 22.3. The second kappa shape index (κ2) is 29.7. The van der Waals surface area contributed by atoms with Gasteiger partial charge in [0.1, 0.15) is 42.7 Å². The largest absolute Gasteiger partial charge is 0.478 e. The zero-order chi connectivity index (χ0) is 52.1. The number of carboxylic acid groups (broad SMARTS) is 1. The maximum absolute atomic E-state index is 15.1. The Morgan fingerprint density at radius 3 is 1.38 bits per heavy atom. The van der Waals surface area contributed by atoms with E-state index in [1.807, 2.05) is 0 Å². The molecule has 0 aliphatic heterocycles. The summed E-state index contributed by atoms with van der Waals surface area (Å²) < 4.78 is 122. The summed E-state index contributed by atoms with van der Waals surface area (Å²) >= 11 is 0. The number of aromatic nitrogens is 1. The Bertz CT molecular complexity index is 2280. The molecule has 4 rings (SSSR count). The molecule has 4 atom stereocenters. The molecule has 4 aromatic rings. The molecule has 0 spiro atoms. The van der Waals surface area contributed by atoms with E-state index in [0.717, 1.165) is 0 Å². The number of esters is 1. The first-order chi connectivity index (χ1) is 34.0. The second-order valence-electron chi connectivity index (χ2n) is 16.0. The van der Waals surface area contributed by atoms with Gasteiger partial charge in [-0.1, -0.05) is 0 Å². The lowest BCUT2D eigenvalue weighted by Crippen LogP contribution is -2.38. The number of nitrogens with zero attached hydrogens (tertiary/aromatic N) is 1. The third-order valence-corrected chi connectivity index (χ3v) is 11.4. The number of hydrogen-bond acceptors (Lipinski definition) is 19. The predicted molar refractivity (Wildman–Crippen MR) is 254 cm³/mol. The highest BCUT2D eigenvalue weighted by Gasteiger charge is 2.30. The van der Waals surface area contributed by atoms with Crippen LogP contribution in [0.4, 0.5) is 0 Å². The van der Waals surface area contributed by atoms with Crippen molar-refractivity contribution in [3.63, 3.8) is 0 Å². The molecule has 4 unspecified atom stereocenters. The van der Waals surface area contributed by atoms with E-state index in [4.69, 9.17) is 71.1 Å². The van der Waals surface area contributed by atoms with E-state index in [-0.39, 0.29) is 105 Å². The molecule has 0 bridgehead atoms. The molecule has 0 aliphatic rings. The molecule has 1 aromatic heterocycles. The Morgan fingerprint density at radius 2 is 1.01 bits per heavy atom. The summed E-state index contributed by atoms with van der Waals surface area (Å²) in [6, 6.07) is 12.6. The molecular weight excluding hydrogens is 959 g/mol. The van der Waals surface area contributed by atoms with Gasteiger partial charge in [0.05, 0.1) is 67.3 Å². The Hall–Kier alpha value is -4.70. The quantitative estimate of drug-likeness (QED) is 0.0164. The van der Waals surface area contributed by atoms with Gasteiger partial charge in [0.25, 0.3) is 10.1 Å². The van der Waals surface area contributed by atoms with Crippen LogP contribution in [0.3, 0.4) is 0 Å². The number of aryl methyl sites for hydroxylation is 3. The van der Waals surface area contributed by atoms with Crippen LogP contribution < -0.4 is 18.8 Å². The van der Waals surface area contributed by atoms with E-state index in [2.05, 4.69) is 0 Å². The van der Waals surface area contributed by atoms with Crippen molar-refractivity contribution in [3.05, 3.63) is 70.8 Å². The van der Waals surface area contributed by atoms with Gasteiger partial charge in [0.15, 0.2) is 19.1 Å². The van der Waals surface area contributed by atoms with Crippen molar-refractivity contribution >= 4 is 43.9 Å². The summed E-state index contributed by atoms with van der Waals surface area (Å²) in [6.45, 7) is 3.68. The minimum atomic E-state index is -4.37. The zero-order valence-corrected chi connectivity index (χ0v) is 42.7. The molecule has 0 aliphatic carbocycles. The van der Waals surface area contributed by atoms with Crippen LogP contribution in [0.2, 0.25) is 0 Å². The highest BCUT2D eigenvalue weighted by molar-refractivity contribution is 7.85. The van der Waals surface area contributed by atoms with Gasteiger partial charge in [-0.05, 0) is 61.4 Å². The molecule has 0 amide bonds. The molecule has 23 heteroatoms. The van der Waals surface area contributed by atoms with Crippen molar-refractivity contribution in [2.75, 3.05) is 115 Å². The fraction of sp³-hybridized carbons (Fsp3) is 0.562. The Kier molecular flexibility index (Phi) is 24.6. The van der Waals surface area contributed by atoms with Gasteiger partial charge in [0.2, 0.25) is 23.6 Å². The summed E-state index contributed by atoms with van der Waals surface area (Å²) in [5, 5.41) is 10.3. The summed E-state index contributed by atoms with van der Waals surface area (Å²) in [4.78, 5) is 27.0. The van der Waals surface area contributed by atoms with Crippen LogP contribution in [-0.2, 0) is 73.5 Å². The Balaban J connectivity index is 2.02. The fourth-order valence-corrected chi connectivity index (χ4v) is 8.01. The van der Waals surface area contributed by atoms with Gasteiger partial charge in [-0.2, -0.15) is 13.0 Å². The number of carboxylic acids is 1. The van der Waals surface area contributed by atoms with Crippen LogP contribution in [0.25, 0.3) is 21.8 Å². The number of benzene rings is 3. The van der Waals surface area contributed by atoms with Gasteiger partial charge in [-0.15, -0.1) is 0 Å². The van der Waals surface area contributed by atoms with Crippen LogP contribution in [0.1, 0.15) is 38.3 Å². The summed E-state index contributed by atoms with van der Waals surface area (Å²) in [7, 11) is 7.58. The number of pyridine rings is 1. The third-order valence-electron chi connectivity index (χ3n) is 10.5. The molecule has 2 N–H and O–H groups in total. The molecule has 0 fully saturated rings. The van der Waals surface area contributed by atoms with Gasteiger partial charge < -0.3 is 76.2 Å². The van der Waals surface area contributed by atoms with E-state index in [1.165, 1.54) is 69.0 Å². The summed E-state index contributed by atoms with van der Waals surface area (Å²) in [5.41, 5.74) is 1.63. The van der Waals surface area contributed by atoms with E-state index in [1.54, 1.807) is 54.8 Å². The molecule has 71 heavy (non-hydrogen) atoms. The van der Waals surface area contributed by atoms with Crippen LogP contribution in [-0.4, -0.2) is 183 Å². The Morgan fingerprint density at radius 1 is 0.592 bits per heavy atom. The summed E-state index contributed by atoms with van der Waals surface area (Å²) in [6.07, 6.45) is -5.07. The average Bonchev–Trinajstić information content (AvgIpc) is 3.32. The second-order valence-corrected chi connectivity index (χ2v) is 17.6. The standard InChI is InChI=1S/C48H67NO21S/c1-30-18-32(47(50)51)19-31(2)46(30)70-48(52)45-37-20-33(66-43(28-64-41(62-9)26-60-7)68-35(22-56-3)23-57-4)12-14-39(37)49(16-11-17-71(53,54)55)40-15-13-34(21-38(40)45)67-44(29-65-42(63-10)27-61-8)69-36(24-58-5)25-59-6/h12-15,18-21,35-36,41-44H,11,16-17,22-29H2,1-10H3,(H-,50,51,53,54,55)/p+1. The molecule has 1 heterocycles. The van der Waals surface area contributed by atoms with Crippen molar-refractivity contribution in [2.24, 2.45) is 0 Å². The SMILES string of the molecule is COCC(COC)OC(COC(COC)OC)Oc1ccc2c(c1)c(C(=O)Oc1c(C)cc(C(=O)O)cc1C)c1cc(OC(COC(COC)OC)OC(COC)COC)ccc1[n+]2CCCS(=O)(=O)O. The number of methoxy groups -OCH3 is 8. The summed E-state index contributed by atoms with van der Waals surface area (Å²) in [5.74, 6) is -2.07. The van der Waals surface area contributed by atoms with Crippen LogP contribution in [0, 0.1) is 13.8 Å². The zero-order valence-electron chi connectivity index (χ0n) is 41.9. The molecule has 396 valence electrons. The van der Waals surface area contributed by atoms with Gasteiger partial charge in [0, 0.05) is 75.4 Å². The predicted octanol–water partition coefficient (Wildman–Crippen LogP) is 4.13. The van der Waals surface area contributed by atoms with Crippen molar-refractivity contribution in [1.82, 2.24) is 0 Å². The molecule has 0 radical (unpaired) electrons. The highest BCUT2D eigenvalue weighted by atomic mass is 32.2. The van der Waals surface area contributed by atoms with Crippen LogP contribution in [0.5, 0.6) is 17.2 Å². The van der Waals surface area contributed by atoms with Crippen molar-refractivity contribution < 1.29 is 103 Å². The van der Waals surface area contributed by atoms with Crippen LogP contribution >= 0.6 is 0 Å². The molecule has 0 saturated heterocycles. The first-order valence-corrected chi connectivity index (χ1v) is 24.0.